The average Bonchev–Trinajstić information content (AvgIpc) is 2.79. The van der Waals surface area contributed by atoms with Crippen molar-refractivity contribution in [2.75, 3.05) is 18.0 Å². The van der Waals surface area contributed by atoms with Gasteiger partial charge in [0.15, 0.2) is 0 Å². The van der Waals surface area contributed by atoms with Gasteiger partial charge in [0.05, 0.1) is 23.9 Å². The molecular formula is C23H22FN3O4S. The Hall–Kier alpha value is -3.72. The molecule has 0 radical (unpaired) electrons. The van der Waals surface area contributed by atoms with Crippen LogP contribution in [0, 0.1) is 12.7 Å². The average molecular weight is 456 g/mol. The molecule has 0 spiro atoms. The van der Waals surface area contributed by atoms with Gasteiger partial charge in [-0.25, -0.2) is 18.2 Å². The molecule has 0 aliphatic carbocycles. The molecule has 3 aromatic carbocycles. The van der Waals surface area contributed by atoms with Gasteiger partial charge in [-0.05, 0) is 61.0 Å². The fourth-order valence-corrected chi connectivity index (χ4v) is 4.22. The number of hydrogen-bond acceptors (Lipinski definition) is 5. The molecule has 0 fully saturated rings. The number of amides is 1. The Balaban J connectivity index is 1.83. The first-order valence-electron chi connectivity index (χ1n) is 9.60. The monoisotopic (exact) mass is 455 g/mol. The minimum atomic E-state index is -4.03. The highest BCUT2D eigenvalue weighted by molar-refractivity contribution is 7.92. The fraction of sp³-hybridized carbons (Fsp3) is 0.130. The third kappa shape index (κ3) is 5.70. The Labute approximate surface area is 186 Å². The normalized spacial score (nSPS) is 11.3. The van der Waals surface area contributed by atoms with Crippen LogP contribution in [0.3, 0.4) is 0 Å². The van der Waals surface area contributed by atoms with E-state index in [2.05, 4.69) is 10.5 Å². The second-order valence-electron chi connectivity index (χ2n) is 6.87. The van der Waals surface area contributed by atoms with Crippen molar-refractivity contribution in [2.24, 2.45) is 5.10 Å². The number of rotatable bonds is 8. The molecule has 0 aromatic heterocycles. The predicted molar refractivity (Wildman–Crippen MR) is 121 cm³/mol. The van der Waals surface area contributed by atoms with E-state index in [0.29, 0.717) is 17.0 Å². The lowest BCUT2D eigenvalue weighted by molar-refractivity contribution is -0.119. The quantitative estimate of drug-likeness (QED) is 0.416. The van der Waals surface area contributed by atoms with Crippen molar-refractivity contribution in [1.82, 2.24) is 5.43 Å². The van der Waals surface area contributed by atoms with Crippen LogP contribution in [0.4, 0.5) is 10.1 Å². The summed E-state index contributed by atoms with van der Waals surface area (Å²) in [5, 5.41) is 3.82. The van der Waals surface area contributed by atoms with Crippen LogP contribution in [-0.4, -0.2) is 34.2 Å². The summed E-state index contributed by atoms with van der Waals surface area (Å²) in [6.45, 7) is 1.35. The number of anilines is 1. The lowest BCUT2D eigenvalue weighted by atomic mass is 10.2. The van der Waals surface area contributed by atoms with Crippen molar-refractivity contribution in [3.05, 3.63) is 89.7 Å². The summed E-state index contributed by atoms with van der Waals surface area (Å²) in [7, 11) is -2.53. The Kier molecular flexibility index (Phi) is 7.21. The van der Waals surface area contributed by atoms with Crippen LogP contribution in [0.1, 0.15) is 11.1 Å². The maximum absolute atomic E-state index is 13.3. The van der Waals surface area contributed by atoms with E-state index in [-0.39, 0.29) is 10.7 Å². The van der Waals surface area contributed by atoms with Crippen molar-refractivity contribution < 1.29 is 22.3 Å². The summed E-state index contributed by atoms with van der Waals surface area (Å²) in [4.78, 5) is 12.6. The number of nitrogens with zero attached hydrogens (tertiary/aromatic N) is 2. The highest BCUT2D eigenvalue weighted by Crippen LogP contribution is 2.25. The molecule has 0 heterocycles. The van der Waals surface area contributed by atoms with Crippen LogP contribution >= 0.6 is 0 Å². The molecule has 0 bridgehead atoms. The molecular weight excluding hydrogens is 433 g/mol. The minimum Gasteiger partial charge on any atom is -0.497 e. The molecule has 7 nitrogen and oxygen atoms in total. The standard InChI is InChI=1S/C23H22FN3O4S/c1-17-3-13-22(14-4-17)32(29,30)27(20-9-11-21(31-2)12-10-20)16-23(28)26-25-15-18-5-7-19(24)8-6-18/h3-15H,16H2,1-2H3,(H,26,28)/b25-15-. The van der Waals surface area contributed by atoms with Crippen molar-refractivity contribution >= 4 is 27.8 Å². The van der Waals surface area contributed by atoms with Gasteiger partial charge in [0, 0.05) is 0 Å². The van der Waals surface area contributed by atoms with Gasteiger partial charge in [0.1, 0.15) is 18.1 Å². The fourth-order valence-electron chi connectivity index (χ4n) is 2.79. The lowest BCUT2D eigenvalue weighted by Gasteiger charge is -2.24. The number of methoxy groups -OCH3 is 1. The van der Waals surface area contributed by atoms with E-state index in [1.807, 2.05) is 6.92 Å². The number of hydrogen-bond donors (Lipinski definition) is 1. The van der Waals surface area contributed by atoms with Crippen LogP contribution < -0.4 is 14.5 Å². The summed E-state index contributed by atoms with van der Waals surface area (Å²) in [5.74, 6) is -0.479. The van der Waals surface area contributed by atoms with Gasteiger partial charge >= 0.3 is 0 Å². The Morgan fingerprint density at radius 3 is 2.25 bits per heavy atom. The Morgan fingerprint density at radius 1 is 1.03 bits per heavy atom. The van der Waals surface area contributed by atoms with Gasteiger partial charge in [-0.3, -0.25) is 9.10 Å². The number of sulfonamides is 1. The highest BCUT2D eigenvalue weighted by atomic mass is 32.2. The molecule has 32 heavy (non-hydrogen) atoms. The maximum Gasteiger partial charge on any atom is 0.264 e. The van der Waals surface area contributed by atoms with E-state index in [4.69, 9.17) is 4.74 Å². The molecule has 0 saturated carbocycles. The lowest BCUT2D eigenvalue weighted by Crippen LogP contribution is -2.39. The van der Waals surface area contributed by atoms with E-state index in [9.17, 15) is 17.6 Å². The van der Waals surface area contributed by atoms with Gasteiger partial charge in [-0.1, -0.05) is 29.8 Å². The maximum atomic E-state index is 13.3. The number of benzene rings is 3. The second kappa shape index (κ2) is 10.1. The first-order chi connectivity index (χ1) is 15.3. The molecule has 0 unspecified atom stereocenters. The molecule has 0 saturated heterocycles. The molecule has 1 N–H and O–H groups in total. The second-order valence-corrected chi connectivity index (χ2v) is 8.73. The van der Waals surface area contributed by atoms with Crippen LogP contribution in [0.25, 0.3) is 0 Å². The number of halogens is 1. The van der Waals surface area contributed by atoms with Gasteiger partial charge in [-0.15, -0.1) is 0 Å². The largest absolute Gasteiger partial charge is 0.497 e. The van der Waals surface area contributed by atoms with Gasteiger partial charge in [0.2, 0.25) is 0 Å². The van der Waals surface area contributed by atoms with Gasteiger partial charge < -0.3 is 4.74 Å². The number of carbonyl (C=O) groups excluding carboxylic acids is 1. The van der Waals surface area contributed by atoms with E-state index in [0.717, 1.165) is 9.87 Å². The van der Waals surface area contributed by atoms with Crippen molar-refractivity contribution in [2.45, 2.75) is 11.8 Å². The van der Waals surface area contributed by atoms with Crippen molar-refractivity contribution in [3.8, 4) is 5.75 Å². The zero-order chi connectivity index (χ0) is 23.1. The van der Waals surface area contributed by atoms with E-state index in [1.165, 1.54) is 49.7 Å². The molecule has 9 heteroatoms. The smallest absolute Gasteiger partial charge is 0.264 e. The topological polar surface area (TPSA) is 88.1 Å². The molecule has 3 rings (SSSR count). The summed E-state index contributed by atoms with van der Waals surface area (Å²) in [5.41, 5.74) is 4.09. The summed E-state index contributed by atoms with van der Waals surface area (Å²) in [6, 6.07) is 18.2. The third-order valence-electron chi connectivity index (χ3n) is 4.53. The molecule has 166 valence electrons. The van der Waals surface area contributed by atoms with Crippen LogP contribution in [0.15, 0.2) is 82.8 Å². The van der Waals surface area contributed by atoms with Crippen LogP contribution in [0.2, 0.25) is 0 Å². The number of hydrazone groups is 1. The zero-order valence-electron chi connectivity index (χ0n) is 17.5. The van der Waals surface area contributed by atoms with Crippen molar-refractivity contribution in [1.29, 1.82) is 0 Å². The number of aryl methyl sites for hydroxylation is 1. The molecule has 0 aliphatic rings. The van der Waals surface area contributed by atoms with Gasteiger partial charge in [0.25, 0.3) is 15.9 Å². The zero-order valence-corrected chi connectivity index (χ0v) is 18.3. The SMILES string of the molecule is COc1ccc(N(CC(=O)N/N=C\c2ccc(F)cc2)S(=O)(=O)c2ccc(C)cc2)cc1. The molecule has 3 aromatic rings. The Bertz CT molecular complexity index is 1190. The van der Waals surface area contributed by atoms with Crippen LogP contribution in [-0.2, 0) is 14.8 Å². The number of nitrogens with one attached hydrogen (secondary N) is 1. The molecule has 0 atom stereocenters. The van der Waals surface area contributed by atoms with E-state index < -0.39 is 22.5 Å². The summed E-state index contributed by atoms with van der Waals surface area (Å²) < 4.78 is 45.7. The highest BCUT2D eigenvalue weighted by Gasteiger charge is 2.27. The summed E-state index contributed by atoms with van der Waals surface area (Å²) >= 11 is 0. The molecule has 1 amide bonds. The van der Waals surface area contributed by atoms with Crippen LogP contribution in [0.5, 0.6) is 5.75 Å². The first-order valence-corrected chi connectivity index (χ1v) is 11.0. The van der Waals surface area contributed by atoms with Gasteiger partial charge in [-0.2, -0.15) is 5.10 Å². The Morgan fingerprint density at radius 2 is 1.66 bits per heavy atom. The molecule has 0 aliphatic heterocycles. The van der Waals surface area contributed by atoms with E-state index >= 15 is 0 Å². The third-order valence-corrected chi connectivity index (χ3v) is 6.32. The number of ether oxygens (including phenoxy) is 1. The predicted octanol–water partition coefficient (Wildman–Crippen LogP) is 3.49. The van der Waals surface area contributed by atoms with E-state index in [1.54, 1.807) is 36.4 Å². The number of carbonyl (C=O) groups is 1. The first kappa shape index (κ1) is 23.0. The summed E-state index contributed by atoms with van der Waals surface area (Å²) in [6.07, 6.45) is 1.34. The van der Waals surface area contributed by atoms with Crippen molar-refractivity contribution in [3.63, 3.8) is 0 Å². The minimum absolute atomic E-state index is 0.0570.